The predicted molar refractivity (Wildman–Crippen MR) is 93.1 cm³/mol. The van der Waals surface area contributed by atoms with Crippen LogP contribution in [0.25, 0.3) is 11.1 Å². The predicted octanol–water partition coefficient (Wildman–Crippen LogP) is 3.42. The largest absolute Gasteiger partial charge is 0.465 e. The van der Waals surface area contributed by atoms with Gasteiger partial charge in [0.05, 0.1) is 7.11 Å². The smallest absolute Gasteiger partial charge is 0.343 e. The molecule has 3 rings (SSSR count). The highest BCUT2D eigenvalue weighted by Gasteiger charge is 2.10. The van der Waals surface area contributed by atoms with E-state index in [2.05, 4.69) is 34.0 Å². The molecule has 120 valence electrons. The van der Waals surface area contributed by atoms with Crippen LogP contribution in [0.15, 0.2) is 71.5 Å². The van der Waals surface area contributed by atoms with Gasteiger partial charge in [-0.25, -0.2) is 4.79 Å². The first kappa shape index (κ1) is 15.7. The number of carbonyl (C=O) groups is 1. The minimum atomic E-state index is -0.630. The molecule has 0 aliphatic carbocycles. The Balaban J connectivity index is 1.78. The number of rotatable bonds is 4. The molecular weight excluding hydrogens is 302 g/mol. The molecule has 0 bridgehead atoms. The van der Waals surface area contributed by atoms with E-state index in [1.54, 1.807) is 6.07 Å². The van der Waals surface area contributed by atoms with Crippen LogP contribution in [-0.2, 0) is 11.2 Å². The van der Waals surface area contributed by atoms with Crippen molar-refractivity contribution in [3.05, 3.63) is 93.9 Å². The monoisotopic (exact) mass is 319 g/mol. The number of hydrogen-bond acceptors (Lipinski definition) is 3. The molecule has 24 heavy (non-hydrogen) atoms. The van der Waals surface area contributed by atoms with Crippen molar-refractivity contribution >= 4 is 5.97 Å². The SMILES string of the molecule is COC(=O)c1ccc(Cc2ccc(-c3ccccc3)cc2)[nH]c1=O. The van der Waals surface area contributed by atoms with Crippen LogP contribution in [0.2, 0.25) is 0 Å². The number of benzene rings is 2. The number of esters is 1. The van der Waals surface area contributed by atoms with Gasteiger partial charge in [0, 0.05) is 12.1 Å². The number of ether oxygens (including phenoxy) is 1. The van der Waals surface area contributed by atoms with E-state index >= 15 is 0 Å². The number of carbonyl (C=O) groups excluding carboxylic acids is 1. The van der Waals surface area contributed by atoms with Gasteiger partial charge in [-0.1, -0.05) is 54.6 Å². The summed E-state index contributed by atoms with van der Waals surface area (Å²) in [5, 5.41) is 0. The fourth-order valence-corrected chi connectivity index (χ4v) is 2.55. The van der Waals surface area contributed by atoms with E-state index < -0.39 is 11.5 Å². The molecule has 0 spiro atoms. The number of methoxy groups -OCH3 is 1. The Morgan fingerprint density at radius 2 is 1.58 bits per heavy atom. The molecule has 0 fully saturated rings. The summed E-state index contributed by atoms with van der Waals surface area (Å²) in [6, 6.07) is 21.6. The third-order valence-corrected chi connectivity index (χ3v) is 3.83. The van der Waals surface area contributed by atoms with Crippen LogP contribution in [0.4, 0.5) is 0 Å². The summed E-state index contributed by atoms with van der Waals surface area (Å²) >= 11 is 0. The molecule has 0 unspecified atom stereocenters. The minimum absolute atomic E-state index is 0.0145. The van der Waals surface area contributed by atoms with Gasteiger partial charge in [0.15, 0.2) is 0 Å². The van der Waals surface area contributed by atoms with Crippen molar-refractivity contribution in [1.82, 2.24) is 4.98 Å². The third kappa shape index (κ3) is 3.43. The quantitative estimate of drug-likeness (QED) is 0.750. The van der Waals surface area contributed by atoms with Gasteiger partial charge in [-0.15, -0.1) is 0 Å². The van der Waals surface area contributed by atoms with Crippen LogP contribution in [0.3, 0.4) is 0 Å². The summed E-state index contributed by atoms with van der Waals surface area (Å²) in [6.07, 6.45) is 0.589. The van der Waals surface area contributed by atoms with Crippen LogP contribution < -0.4 is 5.56 Å². The number of aromatic amines is 1. The number of H-pyrrole nitrogens is 1. The van der Waals surface area contributed by atoms with E-state index in [1.807, 2.05) is 30.3 Å². The summed E-state index contributed by atoms with van der Waals surface area (Å²) in [4.78, 5) is 26.1. The molecule has 1 heterocycles. The van der Waals surface area contributed by atoms with Gasteiger partial charge in [-0.3, -0.25) is 4.79 Å². The Morgan fingerprint density at radius 1 is 0.917 bits per heavy atom. The lowest BCUT2D eigenvalue weighted by Crippen LogP contribution is -2.19. The van der Waals surface area contributed by atoms with Gasteiger partial charge in [0.25, 0.3) is 5.56 Å². The number of pyridine rings is 1. The molecule has 0 saturated carbocycles. The second-order valence-electron chi connectivity index (χ2n) is 5.46. The molecule has 3 aromatic rings. The normalized spacial score (nSPS) is 10.4. The average molecular weight is 319 g/mol. The maximum Gasteiger partial charge on any atom is 0.343 e. The lowest BCUT2D eigenvalue weighted by atomic mass is 10.0. The van der Waals surface area contributed by atoms with E-state index in [-0.39, 0.29) is 5.56 Å². The molecule has 4 heteroatoms. The van der Waals surface area contributed by atoms with E-state index in [0.717, 1.165) is 16.8 Å². The Labute approximate surface area is 139 Å². The van der Waals surface area contributed by atoms with E-state index in [9.17, 15) is 9.59 Å². The van der Waals surface area contributed by atoms with Crippen molar-refractivity contribution in [2.75, 3.05) is 7.11 Å². The van der Waals surface area contributed by atoms with Crippen LogP contribution in [0.1, 0.15) is 21.6 Å². The topological polar surface area (TPSA) is 59.2 Å². The summed E-state index contributed by atoms with van der Waals surface area (Å²) in [5.41, 5.74) is 3.73. The highest BCUT2D eigenvalue weighted by molar-refractivity contribution is 5.88. The standard InChI is InChI=1S/C20H17NO3/c1-24-20(23)18-12-11-17(21-19(18)22)13-14-7-9-16(10-8-14)15-5-3-2-4-6-15/h2-12H,13H2,1H3,(H,21,22). The van der Waals surface area contributed by atoms with Gasteiger partial charge in [-0.05, 0) is 28.8 Å². The Bertz CT molecular complexity index is 896. The Morgan fingerprint density at radius 3 is 2.21 bits per heavy atom. The maximum absolute atomic E-state index is 11.9. The molecule has 0 aliphatic rings. The van der Waals surface area contributed by atoms with Gasteiger partial charge in [-0.2, -0.15) is 0 Å². The summed E-state index contributed by atoms with van der Waals surface area (Å²) in [5.74, 6) is -0.630. The second kappa shape index (κ2) is 6.96. The molecule has 0 atom stereocenters. The van der Waals surface area contributed by atoms with Crippen molar-refractivity contribution in [1.29, 1.82) is 0 Å². The summed E-state index contributed by atoms with van der Waals surface area (Å²) in [7, 11) is 1.25. The van der Waals surface area contributed by atoms with Crippen molar-refractivity contribution < 1.29 is 9.53 Å². The third-order valence-electron chi connectivity index (χ3n) is 3.83. The van der Waals surface area contributed by atoms with Gasteiger partial charge < -0.3 is 9.72 Å². The lowest BCUT2D eigenvalue weighted by molar-refractivity contribution is 0.0598. The molecule has 0 amide bonds. The van der Waals surface area contributed by atoms with Crippen LogP contribution >= 0.6 is 0 Å². The lowest BCUT2D eigenvalue weighted by Gasteiger charge is -2.06. The zero-order chi connectivity index (χ0) is 16.9. The van der Waals surface area contributed by atoms with Crippen LogP contribution in [0.5, 0.6) is 0 Å². The molecule has 4 nitrogen and oxygen atoms in total. The molecular formula is C20H17NO3. The number of aromatic nitrogens is 1. The zero-order valence-electron chi connectivity index (χ0n) is 13.3. The van der Waals surface area contributed by atoms with Crippen LogP contribution in [-0.4, -0.2) is 18.1 Å². The second-order valence-corrected chi connectivity index (χ2v) is 5.46. The zero-order valence-corrected chi connectivity index (χ0v) is 13.3. The maximum atomic E-state index is 11.9. The Kier molecular flexibility index (Phi) is 4.57. The van der Waals surface area contributed by atoms with E-state index in [1.165, 1.54) is 18.7 Å². The highest BCUT2D eigenvalue weighted by atomic mass is 16.5. The van der Waals surface area contributed by atoms with Gasteiger partial charge in [0.2, 0.25) is 0 Å². The highest BCUT2D eigenvalue weighted by Crippen LogP contribution is 2.20. The molecule has 1 aromatic heterocycles. The molecule has 2 aromatic carbocycles. The molecule has 0 aliphatic heterocycles. The number of hydrogen-bond donors (Lipinski definition) is 1. The average Bonchev–Trinajstić information content (AvgIpc) is 2.63. The van der Waals surface area contributed by atoms with E-state index in [0.29, 0.717) is 6.42 Å². The first-order valence-electron chi connectivity index (χ1n) is 7.62. The van der Waals surface area contributed by atoms with E-state index in [4.69, 9.17) is 0 Å². The van der Waals surface area contributed by atoms with Crippen LogP contribution in [0, 0.1) is 0 Å². The molecule has 0 radical (unpaired) electrons. The first-order valence-corrected chi connectivity index (χ1v) is 7.62. The van der Waals surface area contributed by atoms with Gasteiger partial charge >= 0.3 is 5.97 Å². The van der Waals surface area contributed by atoms with Crippen molar-refractivity contribution in [2.45, 2.75) is 6.42 Å². The Hall–Kier alpha value is -3.14. The first-order chi connectivity index (χ1) is 11.7. The van der Waals surface area contributed by atoms with Gasteiger partial charge in [0.1, 0.15) is 5.56 Å². The molecule has 0 saturated heterocycles. The van der Waals surface area contributed by atoms with Crippen molar-refractivity contribution in [3.63, 3.8) is 0 Å². The fraction of sp³-hybridized carbons (Fsp3) is 0.100. The number of nitrogens with one attached hydrogen (secondary N) is 1. The summed E-state index contributed by atoms with van der Waals surface area (Å²) < 4.78 is 4.57. The minimum Gasteiger partial charge on any atom is -0.465 e. The summed E-state index contributed by atoms with van der Waals surface area (Å²) in [6.45, 7) is 0. The van der Waals surface area contributed by atoms with Crippen molar-refractivity contribution in [3.8, 4) is 11.1 Å². The fourth-order valence-electron chi connectivity index (χ4n) is 2.55. The molecule has 1 N–H and O–H groups in total. The van der Waals surface area contributed by atoms with Crippen molar-refractivity contribution in [2.24, 2.45) is 0 Å².